The minimum Gasteiger partial charge on any atom is -0.327 e. The molecule has 3 rings (SSSR count). The molecule has 0 spiro atoms. The van der Waals surface area contributed by atoms with E-state index in [4.69, 9.17) is 17.3 Å². The van der Waals surface area contributed by atoms with Crippen LogP contribution in [0.3, 0.4) is 0 Å². The number of nitrogens with two attached hydrogens (primary N) is 1. The van der Waals surface area contributed by atoms with Crippen LogP contribution in [-0.4, -0.2) is 21.2 Å². The molecule has 20 heavy (non-hydrogen) atoms. The van der Waals surface area contributed by atoms with E-state index in [0.717, 1.165) is 32.7 Å². The number of imidazole rings is 1. The highest BCUT2D eigenvalue weighted by atomic mass is 35.5. The van der Waals surface area contributed by atoms with Gasteiger partial charge in [0.15, 0.2) is 4.96 Å². The van der Waals surface area contributed by atoms with Crippen LogP contribution in [0.5, 0.6) is 0 Å². The Balaban J connectivity index is 1.57. The molecule has 0 saturated carbocycles. The highest BCUT2D eigenvalue weighted by Gasteiger charge is 2.09. The van der Waals surface area contributed by atoms with E-state index in [-0.39, 0.29) is 6.04 Å². The number of hydrogen-bond acceptors (Lipinski definition) is 4. The minimum atomic E-state index is 0.0867. The van der Waals surface area contributed by atoms with Crippen LogP contribution in [0, 0.1) is 0 Å². The molecule has 0 amide bonds. The third-order valence-electron chi connectivity index (χ3n) is 2.87. The molecular weight excluding hydrogens is 310 g/mol. The Kier molecular flexibility index (Phi) is 4.31. The Labute approximate surface area is 130 Å². The van der Waals surface area contributed by atoms with Crippen LogP contribution < -0.4 is 5.73 Å². The number of fused-ring (bicyclic) bond motifs is 1. The molecule has 2 heterocycles. The van der Waals surface area contributed by atoms with Crippen molar-refractivity contribution < 1.29 is 0 Å². The Morgan fingerprint density at radius 1 is 1.45 bits per heavy atom. The van der Waals surface area contributed by atoms with Crippen molar-refractivity contribution in [2.24, 2.45) is 5.73 Å². The van der Waals surface area contributed by atoms with Crippen LogP contribution in [-0.2, 0) is 6.42 Å². The molecule has 0 radical (unpaired) electrons. The van der Waals surface area contributed by atoms with Crippen molar-refractivity contribution in [3.63, 3.8) is 0 Å². The molecule has 6 heteroatoms. The zero-order chi connectivity index (χ0) is 13.9. The molecule has 0 bridgehead atoms. The molecule has 3 nitrogen and oxygen atoms in total. The fraction of sp³-hybridized carbons (Fsp3) is 0.214. The highest BCUT2D eigenvalue weighted by molar-refractivity contribution is 7.99. The van der Waals surface area contributed by atoms with Crippen LogP contribution in [0.1, 0.15) is 5.69 Å². The van der Waals surface area contributed by atoms with Crippen LogP contribution in [0.15, 0.2) is 46.9 Å². The average Bonchev–Trinajstić information content (AvgIpc) is 2.97. The largest absolute Gasteiger partial charge is 0.327 e. The number of benzene rings is 1. The summed E-state index contributed by atoms with van der Waals surface area (Å²) in [4.78, 5) is 6.73. The van der Waals surface area contributed by atoms with E-state index >= 15 is 0 Å². The van der Waals surface area contributed by atoms with Gasteiger partial charge in [-0.3, -0.25) is 4.40 Å². The summed E-state index contributed by atoms with van der Waals surface area (Å²) in [6.07, 6.45) is 4.86. The summed E-state index contributed by atoms with van der Waals surface area (Å²) in [5.41, 5.74) is 7.23. The topological polar surface area (TPSA) is 43.3 Å². The monoisotopic (exact) mass is 323 g/mol. The van der Waals surface area contributed by atoms with Gasteiger partial charge in [-0.2, -0.15) is 0 Å². The van der Waals surface area contributed by atoms with Crippen molar-refractivity contribution in [2.75, 3.05) is 5.75 Å². The number of thioether (sulfide) groups is 1. The van der Waals surface area contributed by atoms with E-state index in [0.29, 0.717) is 0 Å². The second-order valence-electron chi connectivity index (χ2n) is 4.56. The number of hydrogen-bond donors (Lipinski definition) is 1. The van der Waals surface area contributed by atoms with Gasteiger partial charge in [0.25, 0.3) is 0 Å². The molecule has 2 aromatic heterocycles. The molecule has 3 aromatic rings. The van der Waals surface area contributed by atoms with Crippen molar-refractivity contribution in [3.8, 4) is 0 Å². The predicted octanol–water partition coefficient (Wildman–Crippen LogP) is 3.71. The van der Waals surface area contributed by atoms with Gasteiger partial charge in [-0.15, -0.1) is 23.1 Å². The number of aromatic nitrogens is 2. The average molecular weight is 324 g/mol. The first kappa shape index (κ1) is 13.9. The van der Waals surface area contributed by atoms with Crippen molar-refractivity contribution >= 4 is 39.7 Å². The highest BCUT2D eigenvalue weighted by Crippen LogP contribution is 2.22. The summed E-state index contributed by atoms with van der Waals surface area (Å²) in [6, 6.07) is 7.94. The van der Waals surface area contributed by atoms with E-state index in [2.05, 4.69) is 17.2 Å². The second kappa shape index (κ2) is 6.18. The van der Waals surface area contributed by atoms with Crippen molar-refractivity contribution in [1.29, 1.82) is 0 Å². The summed E-state index contributed by atoms with van der Waals surface area (Å²) in [6.45, 7) is 0. The molecule has 1 atom stereocenters. The van der Waals surface area contributed by atoms with Crippen LogP contribution in [0.2, 0.25) is 5.02 Å². The lowest BCUT2D eigenvalue weighted by Crippen LogP contribution is -2.25. The van der Waals surface area contributed by atoms with Crippen molar-refractivity contribution in [1.82, 2.24) is 9.38 Å². The molecule has 0 fully saturated rings. The Hall–Kier alpha value is -1.01. The Bertz CT molecular complexity index is 679. The fourth-order valence-electron chi connectivity index (χ4n) is 1.96. The number of nitrogens with zero attached hydrogens (tertiary/aromatic N) is 2. The molecule has 0 saturated heterocycles. The fourth-order valence-corrected chi connectivity index (χ4v) is 3.85. The van der Waals surface area contributed by atoms with E-state index in [1.807, 2.05) is 34.2 Å². The lowest BCUT2D eigenvalue weighted by molar-refractivity contribution is 0.736. The molecule has 1 unspecified atom stereocenters. The van der Waals surface area contributed by atoms with Crippen LogP contribution in [0.4, 0.5) is 0 Å². The molecule has 0 aliphatic heterocycles. The summed E-state index contributed by atoms with van der Waals surface area (Å²) in [5, 5.41) is 2.79. The zero-order valence-corrected chi connectivity index (χ0v) is 13.1. The van der Waals surface area contributed by atoms with Gasteiger partial charge in [-0.25, -0.2) is 4.98 Å². The first-order valence-electron chi connectivity index (χ1n) is 6.26. The van der Waals surface area contributed by atoms with Gasteiger partial charge in [-0.05, 0) is 18.2 Å². The standard InChI is InChI=1S/C14H14ClN3S2/c15-10-2-1-3-13(6-10)20-9-11(16)7-12-8-18-4-5-19-14(18)17-12/h1-6,8,11H,7,9,16H2. The lowest BCUT2D eigenvalue weighted by Gasteiger charge is -2.09. The van der Waals surface area contributed by atoms with E-state index in [9.17, 15) is 0 Å². The van der Waals surface area contributed by atoms with Gasteiger partial charge in [0.1, 0.15) is 0 Å². The zero-order valence-electron chi connectivity index (χ0n) is 10.7. The summed E-state index contributed by atoms with van der Waals surface area (Å²) < 4.78 is 2.04. The normalized spacial score (nSPS) is 12.9. The van der Waals surface area contributed by atoms with Gasteiger partial charge in [0.05, 0.1) is 5.69 Å². The van der Waals surface area contributed by atoms with Crippen molar-refractivity contribution in [2.45, 2.75) is 17.4 Å². The maximum atomic E-state index is 6.18. The van der Waals surface area contributed by atoms with Crippen molar-refractivity contribution in [3.05, 3.63) is 52.8 Å². The number of thiazole rings is 1. The lowest BCUT2D eigenvalue weighted by atomic mass is 10.2. The third-order valence-corrected chi connectivity index (χ3v) is 5.06. The van der Waals surface area contributed by atoms with E-state index < -0.39 is 0 Å². The van der Waals surface area contributed by atoms with Gasteiger partial charge < -0.3 is 5.73 Å². The minimum absolute atomic E-state index is 0.0867. The number of rotatable bonds is 5. The Morgan fingerprint density at radius 3 is 3.15 bits per heavy atom. The van der Waals surface area contributed by atoms with Gasteiger partial charge >= 0.3 is 0 Å². The van der Waals surface area contributed by atoms with Crippen LogP contribution >= 0.6 is 34.7 Å². The Morgan fingerprint density at radius 2 is 2.35 bits per heavy atom. The van der Waals surface area contributed by atoms with Gasteiger partial charge in [0.2, 0.25) is 0 Å². The molecule has 1 aromatic carbocycles. The SMILES string of the molecule is NC(CSc1cccc(Cl)c1)Cc1cn2ccsc2n1. The first-order chi connectivity index (χ1) is 9.70. The first-order valence-corrected chi connectivity index (χ1v) is 8.50. The van der Waals surface area contributed by atoms with Gasteiger partial charge in [0, 0.05) is 45.9 Å². The molecule has 0 aliphatic carbocycles. The molecule has 2 N–H and O–H groups in total. The van der Waals surface area contributed by atoms with E-state index in [1.54, 1.807) is 23.1 Å². The molecule has 0 aliphatic rings. The molecule has 104 valence electrons. The summed E-state index contributed by atoms with van der Waals surface area (Å²) >= 11 is 9.33. The van der Waals surface area contributed by atoms with Gasteiger partial charge in [-0.1, -0.05) is 17.7 Å². The predicted molar refractivity (Wildman–Crippen MR) is 86.9 cm³/mol. The maximum absolute atomic E-state index is 6.18. The molecular formula is C14H14ClN3S2. The third kappa shape index (κ3) is 3.35. The number of halogens is 1. The second-order valence-corrected chi connectivity index (χ2v) is 6.96. The maximum Gasteiger partial charge on any atom is 0.193 e. The summed E-state index contributed by atoms with van der Waals surface area (Å²) in [5.74, 6) is 0.853. The smallest absolute Gasteiger partial charge is 0.193 e. The summed E-state index contributed by atoms with van der Waals surface area (Å²) in [7, 11) is 0. The van der Waals surface area contributed by atoms with E-state index in [1.165, 1.54) is 0 Å². The quantitative estimate of drug-likeness (QED) is 0.728. The van der Waals surface area contributed by atoms with Crippen LogP contribution in [0.25, 0.3) is 4.96 Å².